The van der Waals surface area contributed by atoms with Gasteiger partial charge in [0.1, 0.15) is 5.82 Å². The van der Waals surface area contributed by atoms with E-state index in [-0.39, 0.29) is 0 Å². The lowest BCUT2D eigenvalue weighted by molar-refractivity contribution is 0.673. The third kappa shape index (κ3) is 4.11. The van der Waals surface area contributed by atoms with E-state index in [4.69, 9.17) is 0 Å². The van der Waals surface area contributed by atoms with Crippen molar-refractivity contribution < 1.29 is 0 Å². The molecule has 0 spiro atoms. The van der Waals surface area contributed by atoms with Gasteiger partial charge in [0.2, 0.25) is 0 Å². The summed E-state index contributed by atoms with van der Waals surface area (Å²) in [5, 5.41) is 3.25. The first-order valence-corrected chi connectivity index (χ1v) is 7.54. The van der Waals surface area contributed by atoms with Crippen LogP contribution in [0.3, 0.4) is 0 Å². The lowest BCUT2D eigenvalue weighted by Gasteiger charge is -2.29. The summed E-state index contributed by atoms with van der Waals surface area (Å²) in [6.45, 7) is 5.23. The molecule has 0 aliphatic rings. The van der Waals surface area contributed by atoms with Crippen molar-refractivity contribution in [3.8, 4) is 0 Å². The zero-order valence-electron chi connectivity index (χ0n) is 11.2. The molecule has 96 valence electrons. The van der Waals surface area contributed by atoms with Crippen LogP contribution in [-0.4, -0.2) is 36.6 Å². The first-order valence-electron chi connectivity index (χ1n) is 6.14. The summed E-state index contributed by atoms with van der Waals surface area (Å²) < 4.78 is 0. The molecule has 17 heavy (non-hydrogen) atoms. The van der Waals surface area contributed by atoms with Crippen molar-refractivity contribution in [3.05, 3.63) is 18.3 Å². The van der Waals surface area contributed by atoms with E-state index in [1.54, 1.807) is 0 Å². The van der Waals surface area contributed by atoms with Crippen LogP contribution in [0.5, 0.6) is 0 Å². The minimum absolute atomic E-state index is 0.585. The normalized spacial score (nSPS) is 12.2. The molecule has 1 heterocycles. The molecule has 0 bridgehead atoms. The first-order chi connectivity index (χ1) is 8.22. The van der Waals surface area contributed by atoms with Gasteiger partial charge in [0.05, 0.1) is 0 Å². The van der Waals surface area contributed by atoms with Crippen molar-refractivity contribution in [1.82, 2.24) is 4.98 Å². The summed E-state index contributed by atoms with van der Waals surface area (Å²) in [5.74, 6) is 2.11. The number of hydrogen-bond donors (Lipinski definition) is 1. The molecule has 1 aromatic heterocycles. The lowest BCUT2D eigenvalue weighted by Crippen LogP contribution is -2.33. The number of nitrogens with zero attached hydrogens (tertiary/aromatic N) is 2. The van der Waals surface area contributed by atoms with E-state index in [0.717, 1.165) is 24.5 Å². The van der Waals surface area contributed by atoms with Gasteiger partial charge >= 0.3 is 0 Å². The molecule has 0 aromatic carbocycles. The van der Waals surface area contributed by atoms with E-state index in [1.165, 1.54) is 5.69 Å². The van der Waals surface area contributed by atoms with Crippen LogP contribution >= 0.6 is 11.8 Å². The number of thioether (sulfide) groups is 1. The molecule has 0 radical (unpaired) electrons. The van der Waals surface area contributed by atoms with Crippen LogP contribution in [0.25, 0.3) is 0 Å². The zero-order chi connectivity index (χ0) is 12.7. The third-order valence-electron chi connectivity index (χ3n) is 2.89. The maximum Gasteiger partial charge on any atom is 0.127 e. The molecular weight excluding hydrogens is 230 g/mol. The standard InChI is InChI=1S/C13H23N3S/c1-5-11(10-17-4)16(3)12-7-8-15-13(9-12)14-6-2/h7-9,11H,5-6,10H2,1-4H3,(H,14,15). The Hall–Kier alpha value is -0.900. The Bertz CT molecular complexity index is 330. The summed E-state index contributed by atoms with van der Waals surface area (Å²) >= 11 is 1.90. The second-order valence-corrected chi connectivity index (χ2v) is 4.97. The monoisotopic (exact) mass is 253 g/mol. The van der Waals surface area contributed by atoms with Gasteiger partial charge in [0, 0.05) is 43.3 Å². The number of hydrogen-bond acceptors (Lipinski definition) is 4. The fraction of sp³-hybridized carbons (Fsp3) is 0.615. The number of rotatable bonds is 7. The Kier molecular flexibility index (Phi) is 6.19. The molecule has 0 fully saturated rings. The Labute approximate surface area is 109 Å². The average molecular weight is 253 g/mol. The van der Waals surface area contributed by atoms with E-state index < -0.39 is 0 Å². The first kappa shape index (κ1) is 14.2. The minimum Gasteiger partial charge on any atom is -0.371 e. The summed E-state index contributed by atoms with van der Waals surface area (Å²) in [6, 6.07) is 4.78. The van der Waals surface area contributed by atoms with E-state index in [1.807, 2.05) is 18.0 Å². The van der Waals surface area contributed by atoms with E-state index >= 15 is 0 Å². The van der Waals surface area contributed by atoms with E-state index in [9.17, 15) is 0 Å². The molecule has 0 saturated carbocycles. The third-order valence-corrected chi connectivity index (χ3v) is 3.60. The van der Waals surface area contributed by atoms with Crippen LogP contribution in [0.1, 0.15) is 20.3 Å². The fourth-order valence-corrected chi connectivity index (χ4v) is 2.67. The zero-order valence-corrected chi connectivity index (χ0v) is 12.0. The molecule has 4 heteroatoms. The highest BCUT2D eigenvalue weighted by atomic mass is 32.2. The molecule has 0 aliphatic carbocycles. The van der Waals surface area contributed by atoms with Gasteiger partial charge in [-0.05, 0) is 25.7 Å². The maximum absolute atomic E-state index is 4.30. The summed E-state index contributed by atoms with van der Waals surface area (Å²) in [5.41, 5.74) is 1.23. The van der Waals surface area contributed by atoms with Gasteiger partial charge in [0.25, 0.3) is 0 Å². The molecule has 1 aromatic rings. The molecule has 3 nitrogen and oxygen atoms in total. The number of aromatic nitrogens is 1. The Morgan fingerprint density at radius 3 is 2.82 bits per heavy atom. The lowest BCUT2D eigenvalue weighted by atomic mass is 10.2. The molecular formula is C13H23N3S. The number of pyridine rings is 1. The summed E-state index contributed by atoms with van der Waals surface area (Å²) in [4.78, 5) is 6.65. The molecule has 0 saturated heterocycles. The van der Waals surface area contributed by atoms with Crippen LogP contribution < -0.4 is 10.2 Å². The second kappa shape index (κ2) is 7.43. The van der Waals surface area contributed by atoms with Gasteiger partial charge in [-0.1, -0.05) is 6.92 Å². The highest BCUT2D eigenvalue weighted by Gasteiger charge is 2.13. The van der Waals surface area contributed by atoms with E-state index in [0.29, 0.717) is 6.04 Å². The second-order valence-electron chi connectivity index (χ2n) is 4.06. The van der Waals surface area contributed by atoms with E-state index in [2.05, 4.69) is 54.5 Å². The van der Waals surface area contributed by atoms with Crippen molar-refractivity contribution in [1.29, 1.82) is 0 Å². The maximum atomic E-state index is 4.30. The fourth-order valence-electron chi connectivity index (χ4n) is 1.82. The summed E-state index contributed by atoms with van der Waals surface area (Å²) in [7, 11) is 2.16. The number of anilines is 2. The van der Waals surface area contributed by atoms with Gasteiger partial charge in [-0.25, -0.2) is 4.98 Å². The predicted molar refractivity (Wildman–Crippen MR) is 79.3 cm³/mol. The van der Waals surface area contributed by atoms with Crippen LogP contribution in [0, 0.1) is 0 Å². The van der Waals surface area contributed by atoms with Crippen molar-refractivity contribution in [2.45, 2.75) is 26.3 Å². The Morgan fingerprint density at radius 2 is 2.24 bits per heavy atom. The molecule has 0 aliphatic heterocycles. The van der Waals surface area contributed by atoms with Gasteiger partial charge in [-0.3, -0.25) is 0 Å². The van der Waals surface area contributed by atoms with Crippen molar-refractivity contribution in [2.24, 2.45) is 0 Å². The highest BCUT2D eigenvalue weighted by molar-refractivity contribution is 7.98. The van der Waals surface area contributed by atoms with Crippen molar-refractivity contribution >= 4 is 23.3 Å². The molecule has 1 rings (SSSR count). The van der Waals surface area contributed by atoms with Crippen LogP contribution in [0.15, 0.2) is 18.3 Å². The van der Waals surface area contributed by atoms with Crippen LogP contribution in [-0.2, 0) is 0 Å². The Balaban J connectivity index is 2.79. The van der Waals surface area contributed by atoms with Crippen molar-refractivity contribution in [2.75, 3.05) is 35.8 Å². The van der Waals surface area contributed by atoms with Gasteiger partial charge in [0.15, 0.2) is 0 Å². The molecule has 1 N–H and O–H groups in total. The van der Waals surface area contributed by atoms with Gasteiger partial charge in [-0.15, -0.1) is 0 Å². The summed E-state index contributed by atoms with van der Waals surface area (Å²) in [6.07, 6.45) is 5.19. The molecule has 0 amide bonds. The minimum atomic E-state index is 0.585. The average Bonchev–Trinajstić information content (AvgIpc) is 2.36. The molecule has 1 atom stereocenters. The smallest absolute Gasteiger partial charge is 0.127 e. The highest BCUT2D eigenvalue weighted by Crippen LogP contribution is 2.20. The topological polar surface area (TPSA) is 28.2 Å². The Morgan fingerprint density at radius 1 is 1.47 bits per heavy atom. The SMILES string of the molecule is CCNc1cc(N(C)C(CC)CSC)ccn1. The van der Waals surface area contributed by atoms with Gasteiger partial charge in [-0.2, -0.15) is 11.8 Å². The molecule has 1 unspecified atom stereocenters. The number of nitrogens with one attached hydrogen (secondary N) is 1. The van der Waals surface area contributed by atoms with Gasteiger partial charge < -0.3 is 10.2 Å². The quantitative estimate of drug-likeness (QED) is 0.808. The van der Waals surface area contributed by atoms with Crippen LogP contribution in [0.4, 0.5) is 11.5 Å². The largest absolute Gasteiger partial charge is 0.371 e. The van der Waals surface area contributed by atoms with Crippen LogP contribution in [0.2, 0.25) is 0 Å². The van der Waals surface area contributed by atoms with Crippen molar-refractivity contribution in [3.63, 3.8) is 0 Å². The predicted octanol–water partition coefficient (Wildman–Crippen LogP) is 3.09.